The van der Waals surface area contributed by atoms with Gasteiger partial charge in [0.15, 0.2) is 0 Å². The van der Waals surface area contributed by atoms with E-state index >= 15 is 0 Å². The first-order valence-electron chi connectivity index (χ1n) is 5.03. The second-order valence-corrected chi connectivity index (χ2v) is 4.59. The summed E-state index contributed by atoms with van der Waals surface area (Å²) in [6.45, 7) is 0.732. The van der Waals surface area contributed by atoms with Crippen molar-refractivity contribution in [3.63, 3.8) is 0 Å². The maximum atomic E-state index is 10.1. The molecule has 1 aliphatic rings. The van der Waals surface area contributed by atoms with E-state index in [0.717, 1.165) is 29.5 Å². The zero-order valence-corrected chi connectivity index (χ0v) is 9.90. The van der Waals surface area contributed by atoms with Crippen molar-refractivity contribution < 1.29 is 9.84 Å². The van der Waals surface area contributed by atoms with Gasteiger partial charge in [0.05, 0.1) is 11.8 Å². The third-order valence-corrected chi connectivity index (χ3v) is 3.41. The standard InChI is InChI=1S/C11H14BrNO2/c12-8-4-1-3-7(10(8)13)11(14)9-5-2-6-15-9/h1,3-4,9,11,14H,2,5-6,13H2. The van der Waals surface area contributed by atoms with Gasteiger partial charge >= 0.3 is 0 Å². The number of anilines is 1. The van der Waals surface area contributed by atoms with Gasteiger partial charge < -0.3 is 15.6 Å². The van der Waals surface area contributed by atoms with Crippen LogP contribution in [0.3, 0.4) is 0 Å². The number of para-hydroxylation sites is 1. The van der Waals surface area contributed by atoms with E-state index in [4.69, 9.17) is 10.5 Å². The van der Waals surface area contributed by atoms with Gasteiger partial charge in [0.1, 0.15) is 6.10 Å². The van der Waals surface area contributed by atoms with Crippen LogP contribution in [0.25, 0.3) is 0 Å². The van der Waals surface area contributed by atoms with Crippen LogP contribution in [0.2, 0.25) is 0 Å². The van der Waals surface area contributed by atoms with E-state index in [1.807, 2.05) is 18.2 Å². The van der Waals surface area contributed by atoms with Crippen molar-refractivity contribution in [3.8, 4) is 0 Å². The van der Waals surface area contributed by atoms with E-state index in [0.29, 0.717) is 5.69 Å². The molecular formula is C11H14BrNO2. The largest absolute Gasteiger partial charge is 0.398 e. The minimum absolute atomic E-state index is 0.110. The number of ether oxygens (including phenoxy) is 1. The highest BCUT2D eigenvalue weighted by atomic mass is 79.9. The topological polar surface area (TPSA) is 55.5 Å². The first-order chi connectivity index (χ1) is 7.20. The number of rotatable bonds is 2. The van der Waals surface area contributed by atoms with Gasteiger partial charge in [-0.05, 0) is 34.8 Å². The number of nitrogens with two attached hydrogens (primary N) is 1. The normalized spacial score (nSPS) is 22.9. The van der Waals surface area contributed by atoms with Crippen molar-refractivity contribution in [1.29, 1.82) is 0 Å². The van der Waals surface area contributed by atoms with Gasteiger partial charge in [-0.1, -0.05) is 12.1 Å². The summed E-state index contributed by atoms with van der Waals surface area (Å²) in [6.07, 6.45) is 1.18. The van der Waals surface area contributed by atoms with Crippen LogP contribution < -0.4 is 5.73 Å². The summed E-state index contributed by atoms with van der Waals surface area (Å²) in [7, 11) is 0. The third-order valence-electron chi connectivity index (χ3n) is 2.72. The van der Waals surface area contributed by atoms with Crippen LogP contribution in [0.5, 0.6) is 0 Å². The Labute approximate surface area is 97.4 Å². The van der Waals surface area contributed by atoms with Crippen LogP contribution in [0, 0.1) is 0 Å². The van der Waals surface area contributed by atoms with Gasteiger partial charge in [0.2, 0.25) is 0 Å². The fourth-order valence-corrected chi connectivity index (χ4v) is 2.24. The van der Waals surface area contributed by atoms with Gasteiger partial charge in [-0.3, -0.25) is 0 Å². The Morgan fingerprint density at radius 3 is 3.00 bits per heavy atom. The zero-order chi connectivity index (χ0) is 10.8. The minimum atomic E-state index is -0.620. The van der Waals surface area contributed by atoms with Crippen molar-refractivity contribution >= 4 is 21.6 Å². The highest BCUT2D eigenvalue weighted by Crippen LogP contribution is 2.33. The molecule has 82 valence electrons. The summed E-state index contributed by atoms with van der Waals surface area (Å²) in [5.74, 6) is 0. The van der Waals surface area contributed by atoms with Crippen molar-refractivity contribution in [2.75, 3.05) is 12.3 Å². The molecule has 0 spiro atoms. The Hall–Kier alpha value is -0.580. The molecule has 1 aromatic rings. The Morgan fingerprint density at radius 2 is 2.33 bits per heavy atom. The molecule has 0 amide bonds. The van der Waals surface area contributed by atoms with Gasteiger partial charge in [0, 0.05) is 16.6 Å². The molecule has 0 aromatic heterocycles. The average molecular weight is 272 g/mol. The zero-order valence-electron chi connectivity index (χ0n) is 8.32. The SMILES string of the molecule is Nc1c(Br)cccc1C(O)C1CCCO1. The molecule has 3 N–H and O–H groups in total. The van der Waals surface area contributed by atoms with Gasteiger partial charge in [-0.25, -0.2) is 0 Å². The number of aliphatic hydroxyl groups excluding tert-OH is 1. The van der Waals surface area contributed by atoms with E-state index in [1.165, 1.54) is 0 Å². The quantitative estimate of drug-likeness (QED) is 0.812. The van der Waals surface area contributed by atoms with Gasteiger partial charge in [0.25, 0.3) is 0 Å². The number of halogens is 1. The Bertz CT molecular complexity index is 350. The first kappa shape index (κ1) is 10.9. The minimum Gasteiger partial charge on any atom is -0.398 e. The fraction of sp³-hybridized carbons (Fsp3) is 0.455. The number of hydrogen-bond acceptors (Lipinski definition) is 3. The number of benzene rings is 1. The highest BCUT2D eigenvalue weighted by Gasteiger charge is 2.26. The maximum Gasteiger partial charge on any atom is 0.107 e. The molecule has 1 aromatic carbocycles. The molecule has 0 bridgehead atoms. The smallest absolute Gasteiger partial charge is 0.107 e. The van der Waals surface area contributed by atoms with Crippen molar-refractivity contribution in [2.45, 2.75) is 25.0 Å². The fourth-order valence-electron chi connectivity index (χ4n) is 1.86. The Balaban J connectivity index is 2.24. The Morgan fingerprint density at radius 1 is 1.53 bits per heavy atom. The molecule has 2 rings (SSSR count). The van der Waals surface area contributed by atoms with Crippen LogP contribution in [0.1, 0.15) is 24.5 Å². The second kappa shape index (κ2) is 4.51. The summed E-state index contributed by atoms with van der Waals surface area (Å²) in [5, 5.41) is 10.1. The number of aliphatic hydroxyl groups is 1. The van der Waals surface area contributed by atoms with Crippen LogP contribution in [0.4, 0.5) is 5.69 Å². The predicted molar refractivity (Wildman–Crippen MR) is 62.5 cm³/mol. The molecule has 0 aliphatic carbocycles. The molecule has 15 heavy (non-hydrogen) atoms. The molecule has 4 heteroatoms. The van der Waals surface area contributed by atoms with E-state index in [2.05, 4.69) is 15.9 Å². The van der Waals surface area contributed by atoms with Gasteiger partial charge in [-0.2, -0.15) is 0 Å². The van der Waals surface area contributed by atoms with Crippen LogP contribution >= 0.6 is 15.9 Å². The molecular weight excluding hydrogens is 258 g/mol. The second-order valence-electron chi connectivity index (χ2n) is 3.74. The molecule has 2 atom stereocenters. The van der Waals surface area contributed by atoms with E-state index in [9.17, 15) is 5.11 Å². The maximum absolute atomic E-state index is 10.1. The van der Waals surface area contributed by atoms with Gasteiger partial charge in [-0.15, -0.1) is 0 Å². The average Bonchev–Trinajstić information content (AvgIpc) is 2.74. The summed E-state index contributed by atoms with van der Waals surface area (Å²) >= 11 is 3.35. The summed E-state index contributed by atoms with van der Waals surface area (Å²) in [5.41, 5.74) is 7.23. The lowest BCUT2D eigenvalue weighted by molar-refractivity contribution is -0.00224. The molecule has 2 unspecified atom stereocenters. The lowest BCUT2D eigenvalue weighted by atomic mass is 10.0. The van der Waals surface area contributed by atoms with Crippen LogP contribution in [-0.4, -0.2) is 17.8 Å². The number of nitrogen functional groups attached to an aromatic ring is 1. The molecule has 1 heterocycles. The summed E-state index contributed by atoms with van der Waals surface area (Å²) in [4.78, 5) is 0. The van der Waals surface area contributed by atoms with Crippen molar-refractivity contribution in [3.05, 3.63) is 28.2 Å². The highest BCUT2D eigenvalue weighted by molar-refractivity contribution is 9.10. The summed E-state index contributed by atoms with van der Waals surface area (Å²) < 4.78 is 6.26. The summed E-state index contributed by atoms with van der Waals surface area (Å²) in [6, 6.07) is 5.57. The molecule has 1 saturated heterocycles. The monoisotopic (exact) mass is 271 g/mol. The van der Waals surface area contributed by atoms with Crippen molar-refractivity contribution in [1.82, 2.24) is 0 Å². The lowest BCUT2D eigenvalue weighted by Gasteiger charge is -2.19. The molecule has 0 radical (unpaired) electrons. The first-order valence-corrected chi connectivity index (χ1v) is 5.83. The molecule has 1 fully saturated rings. The van der Waals surface area contributed by atoms with Crippen LogP contribution in [-0.2, 0) is 4.74 Å². The third kappa shape index (κ3) is 2.17. The van der Waals surface area contributed by atoms with Crippen LogP contribution in [0.15, 0.2) is 22.7 Å². The van der Waals surface area contributed by atoms with E-state index in [1.54, 1.807) is 0 Å². The van der Waals surface area contributed by atoms with E-state index in [-0.39, 0.29) is 6.10 Å². The predicted octanol–water partition coefficient (Wildman–Crippen LogP) is 2.24. The molecule has 0 saturated carbocycles. The molecule has 3 nitrogen and oxygen atoms in total. The molecule has 1 aliphatic heterocycles. The number of hydrogen-bond donors (Lipinski definition) is 2. The van der Waals surface area contributed by atoms with E-state index < -0.39 is 6.10 Å². The lowest BCUT2D eigenvalue weighted by Crippen LogP contribution is -2.18. The van der Waals surface area contributed by atoms with Crippen molar-refractivity contribution in [2.24, 2.45) is 0 Å². The Kier molecular flexibility index (Phi) is 3.29.